The fourth-order valence-corrected chi connectivity index (χ4v) is 3.70. The van der Waals surface area contributed by atoms with Crippen molar-refractivity contribution in [2.75, 3.05) is 0 Å². The quantitative estimate of drug-likeness (QED) is 0.743. The maximum Gasteiger partial charge on any atom is 0.303 e. The number of carboxylic acid groups (broad SMARTS) is 1. The normalized spacial score (nSPS) is 13.9. The second-order valence-electron chi connectivity index (χ2n) is 6.81. The summed E-state index contributed by atoms with van der Waals surface area (Å²) in [6.07, 6.45) is 0.403. The molecule has 1 heterocycles. The maximum atomic E-state index is 10.6. The SMILES string of the molecule is CC(C)[C@@](C#N)(CCC(=O)O)c1cccs1.Cc1ccc(C(C)N)cc1. The van der Waals surface area contributed by atoms with E-state index in [1.165, 1.54) is 22.5 Å². The molecule has 26 heavy (non-hydrogen) atoms. The smallest absolute Gasteiger partial charge is 0.303 e. The summed E-state index contributed by atoms with van der Waals surface area (Å²) in [5, 5.41) is 20.1. The number of hydrogen-bond donors (Lipinski definition) is 2. The summed E-state index contributed by atoms with van der Waals surface area (Å²) >= 11 is 1.52. The van der Waals surface area contributed by atoms with Crippen LogP contribution in [0, 0.1) is 24.2 Å². The van der Waals surface area contributed by atoms with E-state index in [2.05, 4.69) is 37.3 Å². The van der Waals surface area contributed by atoms with Crippen LogP contribution in [0.5, 0.6) is 0 Å². The summed E-state index contributed by atoms with van der Waals surface area (Å²) in [4.78, 5) is 11.6. The van der Waals surface area contributed by atoms with Gasteiger partial charge in [-0.25, -0.2) is 0 Å². The largest absolute Gasteiger partial charge is 0.481 e. The lowest BCUT2D eigenvalue weighted by Crippen LogP contribution is -2.30. The molecule has 2 atom stereocenters. The van der Waals surface area contributed by atoms with Gasteiger partial charge in [-0.15, -0.1) is 11.3 Å². The Balaban J connectivity index is 0.000000289. The van der Waals surface area contributed by atoms with Crippen LogP contribution in [0.1, 0.15) is 55.7 Å². The standard InChI is InChI=1S/C12H15NO2S.C9H13N/c1-9(2)12(8-13,6-5-11(14)15)10-4-3-7-16-10;1-7-3-5-9(6-4-7)8(2)10/h3-4,7,9H,5-6H2,1-2H3,(H,14,15);3-6,8H,10H2,1-2H3/t12-;/m0./s1. The molecule has 1 unspecified atom stereocenters. The van der Waals surface area contributed by atoms with Gasteiger partial charge in [-0.3, -0.25) is 4.79 Å². The molecule has 1 aromatic heterocycles. The molecule has 0 bridgehead atoms. The number of nitrogens with zero attached hydrogens (tertiary/aromatic N) is 1. The second-order valence-corrected chi connectivity index (χ2v) is 7.76. The lowest BCUT2D eigenvalue weighted by Gasteiger charge is -2.29. The number of nitriles is 1. The third-order valence-corrected chi connectivity index (χ3v) is 5.53. The average Bonchev–Trinajstić information content (AvgIpc) is 3.11. The third-order valence-electron chi connectivity index (χ3n) is 4.48. The lowest BCUT2D eigenvalue weighted by molar-refractivity contribution is -0.137. The first-order valence-corrected chi connectivity index (χ1v) is 9.60. The van der Waals surface area contributed by atoms with Crippen LogP contribution in [0.2, 0.25) is 0 Å². The minimum atomic E-state index is -0.850. The molecule has 1 aromatic carbocycles. The minimum Gasteiger partial charge on any atom is -0.481 e. The highest BCUT2D eigenvalue weighted by molar-refractivity contribution is 7.10. The van der Waals surface area contributed by atoms with Crippen molar-refractivity contribution >= 4 is 17.3 Å². The Morgan fingerprint density at radius 1 is 1.27 bits per heavy atom. The number of aliphatic carboxylic acids is 1. The van der Waals surface area contributed by atoms with Crippen molar-refractivity contribution in [3.05, 3.63) is 57.8 Å². The zero-order valence-corrected chi connectivity index (χ0v) is 16.7. The molecule has 2 rings (SSSR count). The molecular weight excluding hydrogens is 344 g/mol. The first-order chi connectivity index (χ1) is 12.2. The van der Waals surface area contributed by atoms with Crippen LogP contribution in [0.4, 0.5) is 0 Å². The van der Waals surface area contributed by atoms with Crippen LogP contribution in [0.15, 0.2) is 41.8 Å². The average molecular weight is 373 g/mol. The van der Waals surface area contributed by atoms with Crippen LogP contribution < -0.4 is 5.73 Å². The lowest BCUT2D eigenvalue weighted by atomic mass is 9.74. The molecule has 3 N–H and O–H groups in total. The van der Waals surface area contributed by atoms with Gasteiger partial charge in [-0.05, 0) is 43.2 Å². The zero-order valence-electron chi connectivity index (χ0n) is 15.9. The van der Waals surface area contributed by atoms with Gasteiger partial charge in [0.2, 0.25) is 0 Å². The Morgan fingerprint density at radius 3 is 2.27 bits per heavy atom. The summed E-state index contributed by atoms with van der Waals surface area (Å²) in [5.41, 5.74) is 7.49. The highest BCUT2D eigenvalue weighted by Crippen LogP contribution is 2.38. The fourth-order valence-electron chi connectivity index (χ4n) is 2.64. The summed E-state index contributed by atoms with van der Waals surface area (Å²) < 4.78 is 0. The topological polar surface area (TPSA) is 87.1 Å². The number of carbonyl (C=O) groups is 1. The Morgan fingerprint density at radius 2 is 1.88 bits per heavy atom. The summed E-state index contributed by atoms with van der Waals surface area (Å²) in [6, 6.07) is 14.6. The van der Waals surface area contributed by atoms with E-state index in [0.29, 0.717) is 6.42 Å². The van der Waals surface area contributed by atoms with E-state index in [4.69, 9.17) is 10.8 Å². The van der Waals surface area contributed by atoms with E-state index in [1.54, 1.807) is 0 Å². The van der Waals surface area contributed by atoms with Crippen LogP contribution in [-0.4, -0.2) is 11.1 Å². The molecule has 0 aliphatic rings. The molecule has 0 spiro atoms. The first-order valence-electron chi connectivity index (χ1n) is 8.72. The molecular formula is C21H28N2O2S. The van der Waals surface area contributed by atoms with Gasteiger partial charge in [-0.1, -0.05) is 49.7 Å². The minimum absolute atomic E-state index is 0.0314. The molecule has 0 aliphatic heterocycles. The Kier molecular flexibility index (Phi) is 8.50. The van der Waals surface area contributed by atoms with Crippen LogP contribution in [0.25, 0.3) is 0 Å². The van der Waals surface area contributed by atoms with Gasteiger partial charge < -0.3 is 10.8 Å². The van der Waals surface area contributed by atoms with E-state index >= 15 is 0 Å². The predicted molar refractivity (Wildman–Crippen MR) is 107 cm³/mol. The number of thiophene rings is 1. The maximum absolute atomic E-state index is 10.6. The number of rotatable bonds is 6. The van der Waals surface area contributed by atoms with Crippen molar-refractivity contribution in [1.29, 1.82) is 5.26 Å². The van der Waals surface area contributed by atoms with Crippen LogP contribution in [0.3, 0.4) is 0 Å². The van der Waals surface area contributed by atoms with Gasteiger partial charge in [0.15, 0.2) is 0 Å². The zero-order chi connectivity index (χ0) is 19.7. The van der Waals surface area contributed by atoms with E-state index in [1.807, 2.05) is 38.3 Å². The molecule has 4 nitrogen and oxygen atoms in total. The predicted octanol–water partition coefficient (Wildman–Crippen LogP) is 5.05. The second kappa shape index (κ2) is 10.1. The fraction of sp³-hybridized carbons (Fsp3) is 0.429. The summed E-state index contributed by atoms with van der Waals surface area (Å²) in [6.45, 7) is 7.99. The number of aryl methyl sites for hydroxylation is 1. The highest BCUT2D eigenvalue weighted by atomic mass is 32.1. The molecule has 0 radical (unpaired) electrons. The Labute approximate surface area is 160 Å². The molecule has 140 valence electrons. The molecule has 0 aliphatic carbocycles. The van der Waals surface area contributed by atoms with E-state index in [-0.39, 0.29) is 18.4 Å². The first kappa shape index (κ1) is 21.9. The summed E-state index contributed by atoms with van der Waals surface area (Å²) in [5.74, 6) is -0.743. The summed E-state index contributed by atoms with van der Waals surface area (Å²) in [7, 11) is 0. The van der Waals surface area contributed by atoms with E-state index < -0.39 is 11.4 Å². The van der Waals surface area contributed by atoms with Crippen LogP contribution >= 0.6 is 11.3 Å². The van der Waals surface area contributed by atoms with Gasteiger partial charge in [0, 0.05) is 17.3 Å². The monoisotopic (exact) mass is 372 g/mol. The molecule has 2 aromatic rings. The van der Waals surface area contributed by atoms with Gasteiger partial charge in [0.25, 0.3) is 0 Å². The van der Waals surface area contributed by atoms with Crippen molar-refractivity contribution in [2.45, 2.75) is 52.0 Å². The highest BCUT2D eigenvalue weighted by Gasteiger charge is 2.37. The van der Waals surface area contributed by atoms with Gasteiger partial charge in [0.1, 0.15) is 0 Å². The van der Waals surface area contributed by atoms with E-state index in [9.17, 15) is 10.1 Å². The molecule has 0 amide bonds. The van der Waals surface area contributed by atoms with Gasteiger partial charge in [0.05, 0.1) is 11.5 Å². The third kappa shape index (κ3) is 5.98. The number of hydrogen-bond acceptors (Lipinski definition) is 4. The Bertz CT molecular complexity index is 715. The van der Waals surface area contributed by atoms with Crippen LogP contribution in [-0.2, 0) is 10.2 Å². The Hall–Kier alpha value is -2.16. The van der Waals surface area contributed by atoms with Crippen molar-refractivity contribution in [2.24, 2.45) is 11.7 Å². The van der Waals surface area contributed by atoms with Crippen molar-refractivity contribution in [3.8, 4) is 6.07 Å². The number of nitrogens with two attached hydrogens (primary N) is 1. The van der Waals surface area contributed by atoms with Gasteiger partial charge >= 0.3 is 5.97 Å². The van der Waals surface area contributed by atoms with E-state index in [0.717, 1.165) is 4.88 Å². The molecule has 0 saturated heterocycles. The molecule has 5 heteroatoms. The molecule has 0 fully saturated rings. The van der Waals surface area contributed by atoms with Crippen molar-refractivity contribution < 1.29 is 9.90 Å². The number of carboxylic acids is 1. The van der Waals surface area contributed by atoms with Crippen molar-refractivity contribution in [1.82, 2.24) is 0 Å². The molecule has 0 saturated carbocycles. The van der Waals surface area contributed by atoms with Gasteiger partial charge in [-0.2, -0.15) is 5.26 Å². The number of benzene rings is 1. The van der Waals surface area contributed by atoms with Crippen molar-refractivity contribution in [3.63, 3.8) is 0 Å².